The van der Waals surface area contributed by atoms with Gasteiger partial charge in [0.15, 0.2) is 16.6 Å². The molecule has 0 aliphatic carbocycles. The second kappa shape index (κ2) is 73.6. The van der Waals surface area contributed by atoms with Crippen LogP contribution in [0, 0.1) is 51.0 Å². The fourth-order valence-electron chi connectivity index (χ4n) is 8.19. The predicted molar refractivity (Wildman–Crippen MR) is 443 cm³/mol. The number of nitriles is 1. The Kier molecular flexibility index (Phi) is 90.9. The summed E-state index contributed by atoms with van der Waals surface area (Å²) in [6.07, 6.45) is 3.05. The van der Waals surface area contributed by atoms with E-state index in [1.165, 1.54) is 53.9 Å². The van der Waals surface area contributed by atoms with E-state index < -0.39 is 65.0 Å². The minimum Gasteiger partial charge on any atom is -1.00 e. The van der Waals surface area contributed by atoms with Gasteiger partial charge in [-0.3, -0.25) is 27.1 Å². The topological polar surface area (TPSA) is 304 Å². The quantitative estimate of drug-likeness (QED) is 0.0145. The summed E-state index contributed by atoms with van der Waals surface area (Å²) in [6.45, 7) is 42.4. The summed E-state index contributed by atoms with van der Waals surface area (Å²) in [6, 6.07) is 1.75. The number of aliphatic hydroxyl groups excluding tert-OH is 4. The summed E-state index contributed by atoms with van der Waals surface area (Å²) in [7, 11) is -3.80. The second-order valence-electron chi connectivity index (χ2n) is 25.1. The minimum absolute atomic E-state index is 0. The molecular formula is C62H129Ba6NO23P3S6Si2+. The molecule has 6 aliphatic rings. The first kappa shape index (κ1) is 127. The number of nitrogens with zero attached hydrogens (tertiary/aromatic N) is 1. The molecule has 0 aromatic heterocycles. The molecule has 6 fully saturated rings. The molecule has 103 heavy (non-hydrogen) atoms. The Morgan fingerprint density at radius 1 is 0.505 bits per heavy atom. The van der Waals surface area contributed by atoms with Gasteiger partial charge >= 0.3 is 317 Å². The summed E-state index contributed by atoms with van der Waals surface area (Å²) in [5.74, 6) is 4.96. The minimum atomic E-state index is -3.94. The van der Waals surface area contributed by atoms with Crippen LogP contribution in [0.1, 0.15) is 164 Å². The van der Waals surface area contributed by atoms with Crippen molar-refractivity contribution in [3.05, 3.63) is 39.6 Å². The van der Waals surface area contributed by atoms with Gasteiger partial charge in [0.2, 0.25) is 0 Å². The molecule has 41 heteroatoms. The Bertz CT molecular complexity index is 2220. The maximum atomic E-state index is 13.6. The van der Waals surface area contributed by atoms with Gasteiger partial charge in [-0.1, -0.05) is 149 Å². The standard InChI is InChI=1S/C22H43O7PS2Si.C17H32O6PSi.C14H25O9PS2.C5H12OS2.C2H3N.2CH4.6Ba.6H/c1-8-15-31-32-16-14-26-30(23,28-19-10-12-24-18(19)9-2)27-17-21-20(11-13-25-21)29-33(6,7)22(3,4)5;1-7-13-14(8-10-19-13)22-24(18)21-12-16-15(9-11-20-16)23-25(5,6)17(2,3)4;15-3-7-25-26-8-6-21-24(18,22-10-14-11(17)1-4-20-14)23-12-2-5-19-13(12)9-16;1-2-4-7-8-5-3-6;1-2-3;;;;;;;;;;;;;;/h12-13,18-21H,8-11,14-17H2,1-7H3;10-11,13-16H,7-9,12H2,1-6H3;4-5,11-17H,1-3,6-10H2;6H,2-5H2,1H3;1H3;2*1H4;;;;;;;;;;;;/q-2;-1;-2;;;;;6*+2;6*-1/t18-,19-,20-,21-,30+;13-,14-,15-,16-;11-,12-,13-,14-,24+;;;;;;;;;;;;;;;;/m111................/s1. The largest absolute Gasteiger partial charge is 2.00 e. The van der Waals surface area contributed by atoms with Gasteiger partial charge in [-0.2, -0.15) is 5.26 Å². The third-order valence-electron chi connectivity index (χ3n) is 15.5. The van der Waals surface area contributed by atoms with Gasteiger partial charge in [0.05, 0.1) is 101 Å². The summed E-state index contributed by atoms with van der Waals surface area (Å²) in [5, 5.41) is 43.6. The molecule has 0 radical (unpaired) electrons. The Balaban J connectivity index is -0.000000102. The first-order valence-corrected chi connectivity index (χ1v) is 50.0. The number of rotatable bonds is 41. The van der Waals surface area contributed by atoms with E-state index in [9.17, 15) is 23.9 Å². The Morgan fingerprint density at radius 3 is 1.19 bits per heavy atom. The van der Waals surface area contributed by atoms with E-state index in [4.69, 9.17) is 88.9 Å². The van der Waals surface area contributed by atoms with Crippen LogP contribution in [0.15, 0.2) is 0 Å². The average molecular weight is 2420 g/mol. The number of hydrogen-bond donors (Lipinski definition) is 4. The van der Waals surface area contributed by atoms with Crippen LogP contribution >= 0.6 is 88.7 Å². The van der Waals surface area contributed by atoms with Gasteiger partial charge in [0.25, 0.3) is 0 Å². The van der Waals surface area contributed by atoms with Gasteiger partial charge in [0, 0.05) is 64.3 Å². The average Bonchev–Trinajstić information content (AvgIpc) is 1.59. The molecule has 0 aromatic rings. The zero-order chi connectivity index (χ0) is 71.0. The van der Waals surface area contributed by atoms with Gasteiger partial charge in [-0.15, -0.1) is 47.6 Å². The van der Waals surface area contributed by atoms with Crippen molar-refractivity contribution < 1.29 is 116 Å². The summed E-state index contributed by atoms with van der Waals surface area (Å²) in [4.78, 5) is 0. The molecule has 24 nitrogen and oxygen atoms in total. The molecule has 15 atom stereocenters. The van der Waals surface area contributed by atoms with Gasteiger partial charge < -0.3 is 66.3 Å². The van der Waals surface area contributed by atoms with E-state index in [2.05, 4.69) is 81.6 Å². The van der Waals surface area contributed by atoms with Crippen LogP contribution in [0.3, 0.4) is 0 Å². The third kappa shape index (κ3) is 55.2. The number of aliphatic hydroxyl groups is 4. The van der Waals surface area contributed by atoms with Crippen LogP contribution < -0.4 is 0 Å². The van der Waals surface area contributed by atoms with Crippen LogP contribution in [-0.4, -0.2) is 491 Å². The van der Waals surface area contributed by atoms with Gasteiger partial charge in [-0.05, 0) is 61.9 Å². The zero-order valence-electron chi connectivity index (χ0n) is 68.9. The van der Waals surface area contributed by atoms with Crippen molar-refractivity contribution in [1.82, 2.24) is 0 Å². The van der Waals surface area contributed by atoms with Crippen molar-refractivity contribution in [2.75, 3.05) is 87.4 Å². The van der Waals surface area contributed by atoms with Crippen molar-refractivity contribution in [2.45, 2.75) is 265 Å². The zero-order valence-corrected chi connectivity index (χ0v) is 99.1. The van der Waals surface area contributed by atoms with Crippen molar-refractivity contribution >= 4 is 399 Å². The molecular weight excluding hydrogens is 2290 g/mol. The number of hydrogen-bond acceptors (Lipinski definition) is 30. The van der Waals surface area contributed by atoms with Crippen LogP contribution in [0.2, 0.25) is 36.3 Å². The van der Waals surface area contributed by atoms with Crippen molar-refractivity contribution in [2.24, 2.45) is 0 Å². The van der Waals surface area contributed by atoms with Crippen LogP contribution in [-0.2, 0) is 87.2 Å². The van der Waals surface area contributed by atoms with Crippen LogP contribution in [0.5, 0.6) is 0 Å². The van der Waals surface area contributed by atoms with E-state index in [1.54, 1.807) is 64.9 Å². The fraction of sp³-hybridized carbons (Fsp3) is 0.887. The fourth-order valence-corrected chi connectivity index (χ4v) is 20.2. The molecule has 590 valence electrons. The van der Waals surface area contributed by atoms with E-state index in [0.29, 0.717) is 56.0 Å². The third-order valence-corrected chi connectivity index (χ3v) is 35.8. The Hall–Kier alpha value is 11.2. The molecule has 6 aliphatic heterocycles. The van der Waals surface area contributed by atoms with Crippen molar-refractivity contribution in [1.29, 1.82) is 5.26 Å². The van der Waals surface area contributed by atoms with Gasteiger partial charge in [0.1, 0.15) is 12.7 Å². The molecule has 0 aromatic carbocycles. The Labute approximate surface area is 900 Å². The molecule has 1 unspecified atom stereocenters. The molecule has 0 amide bonds. The number of phosphoric acid groups is 2. The number of ether oxygens (including phenoxy) is 6. The first-order chi connectivity index (χ1) is 45.1. The van der Waals surface area contributed by atoms with Gasteiger partial charge in [-0.25, -0.2) is 48.8 Å². The van der Waals surface area contributed by atoms with E-state index >= 15 is 0 Å². The van der Waals surface area contributed by atoms with Crippen molar-refractivity contribution in [3.63, 3.8) is 0 Å². The summed E-state index contributed by atoms with van der Waals surface area (Å²) < 4.78 is 129. The maximum Gasteiger partial charge on any atom is 2.00 e. The maximum absolute atomic E-state index is 13.6. The molecule has 0 bridgehead atoms. The summed E-state index contributed by atoms with van der Waals surface area (Å²) in [5.41, 5.74) is 0. The molecule has 0 spiro atoms. The van der Waals surface area contributed by atoms with Crippen LogP contribution in [0.25, 0.3) is 0 Å². The second-order valence-corrected chi connectivity index (χ2v) is 46.8. The van der Waals surface area contributed by atoms with Crippen LogP contribution in [0.4, 0.5) is 0 Å². The van der Waals surface area contributed by atoms with E-state index in [1.807, 2.05) is 24.6 Å². The Morgan fingerprint density at radius 2 is 0.825 bits per heavy atom. The normalized spacial score (nSPS) is 25.5. The van der Waals surface area contributed by atoms with Crippen molar-refractivity contribution in [3.8, 4) is 6.07 Å². The van der Waals surface area contributed by atoms with E-state index in [-0.39, 0.29) is 422 Å². The first-order valence-electron chi connectivity index (χ1n) is 32.7. The molecule has 4 N–H and O–H groups in total. The smallest absolute Gasteiger partial charge is 1.00 e. The monoisotopic (exact) mass is 2420 g/mol. The van der Waals surface area contributed by atoms with E-state index in [0.717, 1.165) is 37.2 Å². The summed E-state index contributed by atoms with van der Waals surface area (Å²) >= 11 is 0. The SMILES string of the molecule is C.C.CC#N.CCCSSCCO.CCCSSCCO[P@@](=O)(OC[C@H]1O[CH-]C[C@H]1O[Si](C)(C)C(C)(C)C)O[C@@H]1C[CH-]O[C@@H]1CC.CC[C@H]1O[CH-]C[C@H]1O[P+](=O)OC[C@H]1O[CH-]C[C@H]1O[Si](C)(C)C(C)(C)C.O=[P@](OCCSSCCO)(OC[C@H]1O[CH-]C[C@H]1O)O[C@@H]1C[CH-]O[C@@H]1CO.[Ba+2].[Ba+2].[Ba+2].[Ba+2].[Ba+2].[Ba+2].[H-].[H-].[H-].[H-].[H-].[H-]. The predicted octanol–water partition coefficient (Wildman–Crippen LogP) is 14.9. The molecule has 6 rings (SSSR count). The number of phosphoric ester groups is 2. The molecule has 0 saturated carbocycles. The molecule has 6 heterocycles. The molecule has 6 saturated heterocycles.